The lowest BCUT2D eigenvalue weighted by atomic mass is 9.94. The molecule has 0 aliphatic carbocycles. The van der Waals surface area contributed by atoms with E-state index in [-0.39, 0.29) is 5.91 Å². The highest BCUT2D eigenvalue weighted by Crippen LogP contribution is 2.24. The first-order valence-corrected chi connectivity index (χ1v) is 8.33. The van der Waals surface area contributed by atoms with Crippen LogP contribution in [0, 0.1) is 5.41 Å². The van der Waals surface area contributed by atoms with Crippen molar-refractivity contribution in [3.05, 3.63) is 53.5 Å². The van der Waals surface area contributed by atoms with Gasteiger partial charge in [0.25, 0.3) is 0 Å². The Hall–Kier alpha value is -2.89. The van der Waals surface area contributed by atoms with Crippen molar-refractivity contribution in [2.24, 2.45) is 7.05 Å². The second-order valence-electron chi connectivity index (χ2n) is 6.26. The molecule has 0 unspecified atom stereocenters. The first kappa shape index (κ1) is 17.0. The Morgan fingerprint density at radius 1 is 1.32 bits per heavy atom. The zero-order chi connectivity index (χ0) is 18.0. The molecule has 1 aliphatic heterocycles. The number of aryl methyl sites for hydroxylation is 1. The summed E-state index contributed by atoms with van der Waals surface area (Å²) in [5.74, 6) is 0.0459. The molecular weight excluding hydrogens is 314 g/mol. The fraction of sp³-hybridized carbons (Fsp3) is 0.316. The molecule has 1 aromatic carbocycles. The molecule has 130 valence electrons. The molecule has 0 fully saturated rings. The van der Waals surface area contributed by atoms with Gasteiger partial charge >= 0.3 is 0 Å². The number of amides is 1. The van der Waals surface area contributed by atoms with Crippen LogP contribution in [-0.2, 0) is 11.8 Å². The van der Waals surface area contributed by atoms with Crippen molar-refractivity contribution in [1.29, 1.82) is 5.41 Å². The highest BCUT2D eigenvalue weighted by Gasteiger charge is 2.23. The van der Waals surface area contributed by atoms with Crippen LogP contribution in [0.4, 0.5) is 0 Å². The molecule has 6 heteroatoms. The third-order valence-electron chi connectivity index (χ3n) is 4.58. The molecule has 25 heavy (non-hydrogen) atoms. The van der Waals surface area contributed by atoms with Crippen molar-refractivity contribution >= 4 is 11.6 Å². The van der Waals surface area contributed by atoms with Crippen LogP contribution in [0.3, 0.4) is 0 Å². The number of hydrogen-bond acceptors (Lipinski definition) is 4. The van der Waals surface area contributed by atoms with E-state index in [0.29, 0.717) is 18.8 Å². The minimum Gasteiger partial charge on any atom is -0.391 e. The largest absolute Gasteiger partial charge is 0.391 e. The van der Waals surface area contributed by atoms with E-state index in [9.17, 15) is 4.79 Å². The average Bonchev–Trinajstić information content (AvgIpc) is 3.07. The van der Waals surface area contributed by atoms with E-state index in [1.807, 2.05) is 50.8 Å². The Kier molecular flexibility index (Phi) is 4.70. The van der Waals surface area contributed by atoms with E-state index in [2.05, 4.69) is 10.4 Å². The maximum Gasteiger partial charge on any atom is 0.219 e. The highest BCUT2D eigenvalue weighted by molar-refractivity contribution is 6.12. The van der Waals surface area contributed by atoms with Crippen LogP contribution in [0.5, 0.6) is 0 Å². The van der Waals surface area contributed by atoms with Gasteiger partial charge in [0.15, 0.2) is 0 Å². The molecule has 2 N–H and O–H groups in total. The average molecular weight is 337 g/mol. The molecule has 1 amide bonds. The highest BCUT2D eigenvalue weighted by atomic mass is 16.2. The Morgan fingerprint density at radius 3 is 2.76 bits per heavy atom. The third-order valence-corrected chi connectivity index (χ3v) is 4.58. The number of aromatic nitrogens is 2. The van der Waals surface area contributed by atoms with Crippen LogP contribution in [0.2, 0.25) is 0 Å². The van der Waals surface area contributed by atoms with Gasteiger partial charge in [-0.3, -0.25) is 14.9 Å². The number of carbonyl (C=O) groups is 1. The second kappa shape index (κ2) is 6.93. The molecule has 1 aliphatic rings. The first-order valence-electron chi connectivity index (χ1n) is 8.33. The van der Waals surface area contributed by atoms with E-state index in [4.69, 9.17) is 5.41 Å². The van der Waals surface area contributed by atoms with Crippen molar-refractivity contribution in [1.82, 2.24) is 20.0 Å². The lowest BCUT2D eigenvalue weighted by Crippen LogP contribution is -2.39. The van der Waals surface area contributed by atoms with Crippen molar-refractivity contribution in [3.8, 4) is 11.1 Å². The van der Waals surface area contributed by atoms with Crippen molar-refractivity contribution in [3.63, 3.8) is 0 Å². The van der Waals surface area contributed by atoms with Gasteiger partial charge in [0.1, 0.15) is 0 Å². The van der Waals surface area contributed by atoms with Crippen molar-refractivity contribution in [2.75, 3.05) is 20.1 Å². The van der Waals surface area contributed by atoms with Crippen LogP contribution in [0.25, 0.3) is 11.1 Å². The summed E-state index contributed by atoms with van der Waals surface area (Å²) >= 11 is 0. The summed E-state index contributed by atoms with van der Waals surface area (Å²) in [6.07, 6.45) is 4.52. The standard InChI is InChI=1S/C19H23N5O/c1-13(25)24-8-7-18(21-2)17(12-24)19(20)15-6-4-5-14(9-15)16-10-22-23(3)11-16/h4-6,9-11,20-21H,7-8,12H2,1-3H3. The predicted octanol–water partition coefficient (Wildman–Crippen LogP) is 2.18. The topological polar surface area (TPSA) is 74.0 Å². The quantitative estimate of drug-likeness (QED) is 0.840. The molecular formula is C19H23N5O. The van der Waals surface area contributed by atoms with E-state index >= 15 is 0 Å². The Morgan fingerprint density at radius 2 is 2.12 bits per heavy atom. The van der Waals surface area contributed by atoms with Crippen molar-refractivity contribution < 1.29 is 4.79 Å². The number of rotatable bonds is 4. The summed E-state index contributed by atoms with van der Waals surface area (Å²) in [4.78, 5) is 13.5. The monoisotopic (exact) mass is 337 g/mol. The van der Waals surface area contributed by atoms with Gasteiger partial charge in [-0.1, -0.05) is 18.2 Å². The zero-order valence-corrected chi connectivity index (χ0v) is 14.8. The van der Waals surface area contributed by atoms with Crippen LogP contribution >= 0.6 is 0 Å². The molecule has 0 bridgehead atoms. The Bertz CT molecular complexity index is 849. The fourth-order valence-electron chi connectivity index (χ4n) is 3.14. The Labute approximate surface area is 147 Å². The number of carbonyl (C=O) groups excluding carboxylic acids is 1. The number of benzene rings is 1. The van der Waals surface area contributed by atoms with Gasteiger partial charge in [-0.05, 0) is 11.6 Å². The van der Waals surface area contributed by atoms with E-state index in [1.165, 1.54) is 0 Å². The second-order valence-corrected chi connectivity index (χ2v) is 6.26. The summed E-state index contributed by atoms with van der Waals surface area (Å²) < 4.78 is 1.76. The van der Waals surface area contributed by atoms with Gasteiger partial charge < -0.3 is 10.2 Å². The molecule has 0 spiro atoms. The molecule has 0 saturated carbocycles. The Balaban J connectivity index is 1.94. The summed E-state index contributed by atoms with van der Waals surface area (Å²) in [6.45, 7) is 2.74. The van der Waals surface area contributed by atoms with Crippen LogP contribution < -0.4 is 5.32 Å². The van der Waals surface area contributed by atoms with E-state index < -0.39 is 0 Å². The SMILES string of the molecule is CNC1=C(C(=N)c2cccc(-c3cnn(C)c3)c2)CN(C(C)=O)CC1. The van der Waals surface area contributed by atoms with Crippen molar-refractivity contribution in [2.45, 2.75) is 13.3 Å². The molecule has 2 heterocycles. The number of hydrogen-bond donors (Lipinski definition) is 2. The lowest BCUT2D eigenvalue weighted by molar-refractivity contribution is -0.128. The molecule has 2 aromatic rings. The molecule has 1 aromatic heterocycles. The van der Waals surface area contributed by atoms with E-state index in [0.717, 1.165) is 34.4 Å². The lowest BCUT2D eigenvalue weighted by Gasteiger charge is -2.30. The van der Waals surface area contributed by atoms with Gasteiger partial charge in [-0.25, -0.2) is 0 Å². The summed E-state index contributed by atoms with van der Waals surface area (Å²) in [7, 11) is 3.76. The summed E-state index contributed by atoms with van der Waals surface area (Å²) in [6, 6.07) is 7.92. The summed E-state index contributed by atoms with van der Waals surface area (Å²) in [5, 5.41) is 16.1. The van der Waals surface area contributed by atoms with Crippen LogP contribution in [-0.4, -0.2) is 46.4 Å². The first-order chi connectivity index (χ1) is 12.0. The number of nitrogens with one attached hydrogen (secondary N) is 2. The predicted molar refractivity (Wildman–Crippen MR) is 98.4 cm³/mol. The maximum absolute atomic E-state index is 11.7. The fourth-order valence-corrected chi connectivity index (χ4v) is 3.14. The smallest absolute Gasteiger partial charge is 0.219 e. The van der Waals surface area contributed by atoms with Crippen LogP contribution in [0.15, 0.2) is 47.9 Å². The van der Waals surface area contributed by atoms with E-state index in [1.54, 1.807) is 16.5 Å². The molecule has 0 atom stereocenters. The van der Waals surface area contributed by atoms with Gasteiger partial charge in [0, 0.05) is 69.1 Å². The minimum absolute atomic E-state index is 0.0459. The normalized spacial score (nSPS) is 14.6. The van der Waals surface area contributed by atoms with Gasteiger partial charge in [-0.15, -0.1) is 0 Å². The molecule has 0 radical (unpaired) electrons. The van der Waals surface area contributed by atoms with Gasteiger partial charge in [0.05, 0.1) is 11.9 Å². The molecule has 0 saturated heterocycles. The zero-order valence-electron chi connectivity index (χ0n) is 14.8. The molecule has 6 nitrogen and oxygen atoms in total. The molecule has 3 rings (SSSR count). The van der Waals surface area contributed by atoms with Gasteiger partial charge in [-0.2, -0.15) is 5.10 Å². The third kappa shape index (κ3) is 3.47. The minimum atomic E-state index is 0.0459. The van der Waals surface area contributed by atoms with Gasteiger partial charge in [0.2, 0.25) is 5.91 Å². The summed E-state index contributed by atoms with van der Waals surface area (Å²) in [5.41, 5.74) is 5.27. The maximum atomic E-state index is 11.7. The van der Waals surface area contributed by atoms with Crippen LogP contribution in [0.1, 0.15) is 18.9 Å². The number of nitrogens with zero attached hydrogens (tertiary/aromatic N) is 3.